The summed E-state index contributed by atoms with van der Waals surface area (Å²) in [6.07, 6.45) is 1.49. The van der Waals surface area contributed by atoms with Crippen molar-refractivity contribution in [2.45, 2.75) is 6.61 Å². The molecule has 0 fully saturated rings. The SMILES string of the molecule is COc1ccc(C(=O)Oc2ccc(/C=N\NC(=O)c3ccc(OCc4ccc(Cl)cc4Cl)cc3)cc2)cc1. The van der Waals surface area contributed by atoms with Crippen LogP contribution in [-0.4, -0.2) is 25.2 Å². The van der Waals surface area contributed by atoms with Crippen LogP contribution in [0.15, 0.2) is 96.1 Å². The molecular weight excluding hydrogens is 527 g/mol. The first kappa shape index (κ1) is 26.7. The molecule has 0 saturated carbocycles. The highest BCUT2D eigenvalue weighted by molar-refractivity contribution is 6.35. The van der Waals surface area contributed by atoms with Crippen LogP contribution in [0, 0.1) is 0 Å². The Morgan fingerprint density at radius 1 is 0.816 bits per heavy atom. The van der Waals surface area contributed by atoms with E-state index in [1.807, 2.05) is 0 Å². The Kier molecular flexibility index (Phi) is 8.98. The second-order valence-electron chi connectivity index (χ2n) is 7.93. The Hall–Kier alpha value is -4.33. The van der Waals surface area contributed by atoms with Crippen molar-refractivity contribution in [2.75, 3.05) is 7.11 Å². The van der Waals surface area contributed by atoms with Gasteiger partial charge in [-0.2, -0.15) is 5.10 Å². The maximum absolute atomic E-state index is 12.4. The van der Waals surface area contributed by atoms with Gasteiger partial charge in [0.2, 0.25) is 0 Å². The number of nitrogens with one attached hydrogen (secondary N) is 1. The Labute approximate surface area is 229 Å². The number of halogens is 2. The van der Waals surface area contributed by atoms with E-state index in [1.54, 1.807) is 98.1 Å². The molecule has 38 heavy (non-hydrogen) atoms. The van der Waals surface area contributed by atoms with Gasteiger partial charge in [-0.3, -0.25) is 4.79 Å². The molecule has 9 heteroatoms. The summed E-state index contributed by atoms with van der Waals surface area (Å²) < 4.78 is 16.2. The summed E-state index contributed by atoms with van der Waals surface area (Å²) in [6.45, 7) is 0.269. The maximum atomic E-state index is 12.4. The molecule has 4 aromatic rings. The topological polar surface area (TPSA) is 86.2 Å². The van der Waals surface area contributed by atoms with Crippen molar-refractivity contribution in [3.05, 3.63) is 123 Å². The van der Waals surface area contributed by atoms with Crippen LogP contribution in [0.5, 0.6) is 17.2 Å². The standard InChI is InChI=1S/C29H22Cl2N2O5/c1-36-24-12-7-21(8-13-24)29(35)38-26-10-2-19(3-11-26)17-32-33-28(34)20-5-14-25(15-6-20)37-18-22-4-9-23(30)16-27(22)31/h2-17H,18H2,1H3,(H,33,34)/b32-17-. The van der Waals surface area contributed by atoms with Gasteiger partial charge in [0.25, 0.3) is 5.91 Å². The number of esters is 1. The van der Waals surface area contributed by atoms with Crippen LogP contribution in [0.1, 0.15) is 31.8 Å². The normalized spacial score (nSPS) is 10.7. The molecule has 1 N–H and O–H groups in total. The van der Waals surface area contributed by atoms with Crippen LogP contribution in [-0.2, 0) is 6.61 Å². The van der Waals surface area contributed by atoms with Crippen LogP contribution >= 0.6 is 23.2 Å². The summed E-state index contributed by atoms with van der Waals surface area (Å²) in [7, 11) is 1.55. The molecule has 4 aromatic carbocycles. The van der Waals surface area contributed by atoms with Gasteiger partial charge in [0.05, 0.1) is 18.9 Å². The minimum Gasteiger partial charge on any atom is -0.497 e. The third kappa shape index (κ3) is 7.35. The highest BCUT2D eigenvalue weighted by Crippen LogP contribution is 2.23. The highest BCUT2D eigenvalue weighted by atomic mass is 35.5. The minimum absolute atomic E-state index is 0.269. The fourth-order valence-electron chi connectivity index (χ4n) is 3.25. The van der Waals surface area contributed by atoms with E-state index in [9.17, 15) is 9.59 Å². The van der Waals surface area contributed by atoms with Gasteiger partial charge in [-0.1, -0.05) is 29.3 Å². The number of methoxy groups -OCH3 is 1. The molecule has 0 aliphatic carbocycles. The molecule has 0 bridgehead atoms. The van der Waals surface area contributed by atoms with Crippen molar-refractivity contribution in [3.8, 4) is 17.2 Å². The van der Waals surface area contributed by atoms with Crippen LogP contribution in [0.3, 0.4) is 0 Å². The smallest absolute Gasteiger partial charge is 0.343 e. The van der Waals surface area contributed by atoms with Crippen molar-refractivity contribution in [2.24, 2.45) is 5.10 Å². The predicted molar refractivity (Wildman–Crippen MR) is 147 cm³/mol. The van der Waals surface area contributed by atoms with E-state index in [2.05, 4.69) is 10.5 Å². The first-order valence-electron chi connectivity index (χ1n) is 11.4. The van der Waals surface area contributed by atoms with Gasteiger partial charge in [-0.25, -0.2) is 10.2 Å². The van der Waals surface area contributed by atoms with E-state index in [1.165, 1.54) is 6.21 Å². The lowest BCUT2D eigenvalue weighted by atomic mass is 10.2. The Bertz CT molecular complexity index is 1440. The monoisotopic (exact) mass is 548 g/mol. The average Bonchev–Trinajstić information content (AvgIpc) is 2.94. The van der Waals surface area contributed by atoms with Gasteiger partial charge < -0.3 is 14.2 Å². The molecule has 0 saturated heterocycles. The fourth-order valence-corrected chi connectivity index (χ4v) is 3.71. The number of carbonyl (C=O) groups is 2. The van der Waals surface area contributed by atoms with Gasteiger partial charge >= 0.3 is 5.97 Å². The average molecular weight is 549 g/mol. The molecule has 4 rings (SSSR count). The van der Waals surface area contributed by atoms with Crippen molar-refractivity contribution in [3.63, 3.8) is 0 Å². The molecule has 1 amide bonds. The molecule has 0 atom stereocenters. The predicted octanol–water partition coefficient (Wildman–Crippen LogP) is 6.56. The number of ether oxygens (including phenoxy) is 3. The number of amides is 1. The van der Waals surface area contributed by atoms with Crippen LogP contribution in [0.2, 0.25) is 10.0 Å². The van der Waals surface area contributed by atoms with E-state index in [4.69, 9.17) is 37.4 Å². The maximum Gasteiger partial charge on any atom is 0.343 e. The number of rotatable bonds is 9. The summed E-state index contributed by atoms with van der Waals surface area (Å²) in [5.74, 6) is 0.765. The molecule has 0 aliphatic heterocycles. The van der Waals surface area contributed by atoms with Gasteiger partial charge in [0.15, 0.2) is 0 Å². The summed E-state index contributed by atoms with van der Waals surface area (Å²) >= 11 is 12.1. The van der Waals surface area contributed by atoms with Gasteiger partial charge in [0, 0.05) is 21.2 Å². The number of hydrazone groups is 1. The van der Waals surface area contributed by atoms with E-state index >= 15 is 0 Å². The Morgan fingerprint density at radius 2 is 1.45 bits per heavy atom. The molecule has 0 aliphatic rings. The number of carbonyl (C=O) groups excluding carboxylic acids is 2. The quantitative estimate of drug-likeness (QED) is 0.111. The molecule has 192 valence electrons. The Balaban J connectivity index is 1.25. The zero-order valence-electron chi connectivity index (χ0n) is 20.2. The third-order valence-corrected chi connectivity index (χ3v) is 5.91. The number of nitrogens with zero attached hydrogens (tertiary/aromatic N) is 1. The largest absolute Gasteiger partial charge is 0.497 e. The summed E-state index contributed by atoms with van der Waals surface area (Å²) in [5.41, 5.74) is 4.81. The number of benzene rings is 4. The molecule has 7 nitrogen and oxygen atoms in total. The third-order valence-electron chi connectivity index (χ3n) is 5.32. The fraction of sp³-hybridized carbons (Fsp3) is 0.0690. The Morgan fingerprint density at radius 3 is 2.11 bits per heavy atom. The highest BCUT2D eigenvalue weighted by Gasteiger charge is 2.09. The lowest BCUT2D eigenvalue weighted by Gasteiger charge is -2.08. The molecule has 0 heterocycles. The van der Waals surface area contributed by atoms with Gasteiger partial charge in [-0.05, 0) is 90.5 Å². The minimum atomic E-state index is -0.480. The second-order valence-corrected chi connectivity index (χ2v) is 8.78. The molecule has 0 unspecified atom stereocenters. The van der Waals surface area contributed by atoms with E-state index in [0.29, 0.717) is 44.0 Å². The lowest BCUT2D eigenvalue weighted by Crippen LogP contribution is -2.17. The van der Waals surface area contributed by atoms with Crippen LogP contribution in [0.4, 0.5) is 0 Å². The van der Waals surface area contributed by atoms with Gasteiger partial charge in [0.1, 0.15) is 23.9 Å². The van der Waals surface area contributed by atoms with Crippen molar-refractivity contribution >= 4 is 41.3 Å². The van der Waals surface area contributed by atoms with E-state index in [-0.39, 0.29) is 12.5 Å². The molecule has 0 spiro atoms. The van der Waals surface area contributed by atoms with E-state index < -0.39 is 5.97 Å². The van der Waals surface area contributed by atoms with Crippen molar-refractivity contribution < 1.29 is 23.8 Å². The van der Waals surface area contributed by atoms with Gasteiger partial charge in [-0.15, -0.1) is 0 Å². The molecular formula is C29H22Cl2N2O5. The van der Waals surface area contributed by atoms with Crippen LogP contribution in [0.25, 0.3) is 0 Å². The summed E-state index contributed by atoms with van der Waals surface area (Å²) in [5, 5.41) is 5.07. The zero-order chi connectivity index (χ0) is 26.9. The van der Waals surface area contributed by atoms with Crippen molar-refractivity contribution in [1.82, 2.24) is 5.43 Å². The summed E-state index contributed by atoms with van der Waals surface area (Å²) in [4.78, 5) is 24.7. The van der Waals surface area contributed by atoms with E-state index in [0.717, 1.165) is 5.56 Å². The molecule has 0 aromatic heterocycles. The second kappa shape index (κ2) is 12.8. The number of hydrogen-bond acceptors (Lipinski definition) is 6. The molecule has 0 radical (unpaired) electrons. The van der Waals surface area contributed by atoms with Crippen molar-refractivity contribution in [1.29, 1.82) is 0 Å². The lowest BCUT2D eigenvalue weighted by molar-refractivity contribution is 0.0734. The zero-order valence-corrected chi connectivity index (χ0v) is 21.7. The first-order valence-corrected chi connectivity index (χ1v) is 12.1. The summed E-state index contributed by atoms with van der Waals surface area (Å²) in [6, 6.07) is 25.2. The first-order chi connectivity index (χ1) is 18.4. The van der Waals surface area contributed by atoms with Crippen LogP contribution < -0.4 is 19.6 Å². The number of hydrogen-bond donors (Lipinski definition) is 1.